The number of halogens is 2. The van der Waals surface area contributed by atoms with E-state index in [1.165, 1.54) is 6.92 Å². The molecule has 3 aliphatic rings. The van der Waals surface area contributed by atoms with Gasteiger partial charge in [0.2, 0.25) is 17.7 Å². The lowest BCUT2D eigenvalue weighted by atomic mass is 10.1. The van der Waals surface area contributed by atoms with Gasteiger partial charge in [-0.05, 0) is 44.9 Å². The van der Waals surface area contributed by atoms with Crippen LogP contribution in [0.2, 0.25) is 0 Å². The van der Waals surface area contributed by atoms with Crippen molar-refractivity contribution in [3.8, 4) is 0 Å². The van der Waals surface area contributed by atoms with Gasteiger partial charge in [-0.25, -0.2) is 8.78 Å². The summed E-state index contributed by atoms with van der Waals surface area (Å²) in [7, 11) is 0. The number of hydrogen-bond acceptors (Lipinski definition) is 3. The van der Waals surface area contributed by atoms with Crippen molar-refractivity contribution in [3.63, 3.8) is 0 Å². The van der Waals surface area contributed by atoms with E-state index in [0.29, 0.717) is 19.4 Å². The number of rotatable bonds is 0. The number of amides is 2. The second-order valence-corrected chi connectivity index (χ2v) is 7.17. The summed E-state index contributed by atoms with van der Waals surface area (Å²) in [6, 6.07) is -0.319. The molecule has 26 heavy (non-hydrogen) atoms. The lowest BCUT2D eigenvalue weighted by molar-refractivity contribution is -0.138. The smallest absolute Gasteiger partial charge is 0.248 e. The average Bonchev–Trinajstić information content (AvgIpc) is 3.10. The minimum absolute atomic E-state index is 0.0862. The van der Waals surface area contributed by atoms with Crippen LogP contribution in [0, 0.1) is 5.92 Å². The van der Waals surface area contributed by atoms with E-state index in [-0.39, 0.29) is 49.5 Å². The van der Waals surface area contributed by atoms with Crippen LogP contribution in [0.3, 0.4) is 0 Å². The van der Waals surface area contributed by atoms with Gasteiger partial charge < -0.3 is 15.0 Å². The molecule has 0 aromatic rings. The predicted molar refractivity (Wildman–Crippen MR) is 93.7 cm³/mol. The van der Waals surface area contributed by atoms with Crippen molar-refractivity contribution in [2.24, 2.45) is 5.92 Å². The van der Waals surface area contributed by atoms with Crippen LogP contribution in [0.15, 0.2) is 12.2 Å². The fourth-order valence-electron chi connectivity index (χ4n) is 3.54. The third-order valence-electron chi connectivity index (χ3n) is 5.04. The van der Waals surface area contributed by atoms with Crippen LogP contribution in [0.1, 0.15) is 58.3 Å². The van der Waals surface area contributed by atoms with E-state index >= 15 is 0 Å². The highest BCUT2D eigenvalue weighted by molar-refractivity contribution is 5.88. The van der Waals surface area contributed by atoms with Gasteiger partial charge in [0, 0.05) is 31.8 Å². The van der Waals surface area contributed by atoms with Crippen molar-refractivity contribution in [2.75, 3.05) is 6.54 Å². The van der Waals surface area contributed by atoms with E-state index < -0.39 is 12.0 Å². The summed E-state index contributed by atoms with van der Waals surface area (Å²) >= 11 is 0. The van der Waals surface area contributed by atoms with E-state index in [1.54, 1.807) is 11.0 Å². The third-order valence-corrected chi connectivity index (χ3v) is 5.04. The van der Waals surface area contributed by atoms with Crippen molar-refractivity contribution in [2.45, 2.75) is 76.3 Å². The molecule has 3 rings (SSSR count). The van der Waals surface area contributed by atoms with Crippen molar-refractivity contribution in [3.05, 3.63) is 12.2 Å². The number of alkyl halides is 2. The molecule has 7 heteroatoms. The van der Waals surface area contributed by atoms with Crippen LogP contribution in [0.5, 0.6) is 0 Å². The molecule has 0 spiro atoms. The molecule has 1 aliphatic carbocycles. The fourth-order valence-corrected chi connectivity index (χ4v) is 3.54. The number of allylic oxidation sites excluding steroid dienone is 1. The standard InChI is InChI=1S/C17H24F2N2O2.C2H4O/c18-17(19)8-2-1-5-12-11-13(12)20-16(23)14-6-4-10-21(14)15(22)7-3-9-17;1-2-3/h1,5,12-14H,2-4,6-11H2,(H,20,23);2H,1H3/b5-1-;/t12-,13?,14?;/m1./s1. The van der Waals surface area contributed by atoms with Crippen molar-refractivity contribution in [1.29, 1.82) is 0 Å². The van der Waals surface area contributed by atoms with Crippen LogP contribution in [-0.4, -0.2) is 47.6 Å². The molecule has 3 atom stereocenters. The van der Waals surface area contributed by atoms with E-state index in [4.69, 9.17) is 4.79 Å². The van der Waals surface area contributed by atoms with E-state index in [0.717, 1.165) is 19.1 Å². The van der Waals surface area contributed by atoms with Gasteiger partial charge in [0.15, 0.2) is 0 Å². The molecule has 0 aromatic heterocycles. The molecule has 2 amide bonds. The first-order valence-electron chi connectivity index (χ1n) is 9.42. The van der Waals surface area contributed by atoms with Crippen LogP contribution >= 0.6 is 0 Å². The van der Waals surface area contributed by atoms with Crippen molar-refractivity contribution in [1.82, 2.24) is 10.2 Å². The molecule has 1 saturated heterocycles. The Hall–Kier alpha value is -1.79. The molecule has 1 N–H and O–H groups in total. The third kappa shape index (κ3) is 5.88. The average molecular weight is 370 g/mol. The van der Waals surface area contributed by atoms with Gasteiger partial charge >= 0.3 is 0 Å². The summed E-state index contributed by atoms with van der Waals surface area (Å²) in [6.45, 7) is 2.00. The lowest BCUT2D eigenvalue weighted by Crippen LogP contribution is -2.46. The number of aldehydes is 1. The Morgan fingerprint density at radius 1 is 1.27 bits per heavy atom. The highest BCUT2D eigenvalue weighted by Crippen LogP contribution is 2.34. The molecule has 0 aromatic carbocycles. The van der Waals surface area contributed by atoms with Crippen molar-refractivity contribution >= 4 is 18.1 Å². The minimum Gasteiger partial charge on any atom is -0.351 e. The number of nitrogens with zero attached hydrogens (tertiary/aromatic N) is 1. The number of carbonyl (C=O) groups excluding carboxylic acids is 3. The SMILES string of the molecule is CC=O.O=C1NC2C[C@H]2/C=C\CCC(F)(F)CCCC(=O)N2CCCC12. The van der Waals surface area contributed by atoms with Crippen LogP contribution in [0.25, 0.3) is 0 Å². The molecule has 2 heterocycles. The lowest BCUT2D eigenvalue weighted by Gasteiger charge is -2.24. The topological polar surface area (TPSA) is 66.5 Å². The molecule has 1 saturated carbocycles. The highest BCUT2D eigenvalue weighted by atomic mass is 19.3. The predicted octanol–water partition coefficient (Wildman–Crippen LogP) is 2.84. The first-order valence-corrected chi connectivity index (χ1v) is 9.42. The molecule has 2 fully saturated rings. The maximum atomic E-state index is 13.8. The Bertz CT molecular complexity index is 551. The largest absolute Gasteiger partial charge is 0.351 e. The Morgan fingerprint density at radius 2 is 2.00 bits per heavy atom. The molecule has 5 nitrogen and oxygen atoms in total. The first kappa shape index (κ1) is 20.5. The zero-order valence-corrected chi connectivity index (χ0v) is 15.3. The van der Waals surface area contributed by atoms with Gasteiger partial charge in [-0.3, -0.25) is 9.59 Å². The number of fused-ring (bicyclic) bond motifs is 2. The number of carbonyl (C=O) groups is 3. The quantitative estimate of drug-likeness (QED) is 0.527. The summed E-state index contributed by atoms with van der Waals surface area (Å²) in [5, 5.41) is 3.00. The van der Waals surface area contributed by atoms with Gasteiger partial charge in [-0.15, -0.1) is 0 Å². The molecule has 0 radical (unpaired) electrons. The zero-order chi connectivity index (χ0) is 19.2. The molecule has 146 valence electrons. The summed E-state index contributed by atoms with van der Waals surface area (Å²) in [4.78, 5) is 35.0. The Kier molecular flexibility index (Phi) is 7.29. The number of nitrogens with one attached hydrogen (secondary N) is 1. The Balaban J connectivity index is 0.000000758. The van der Waals surface area contributed by atoms with E-state index in [9.17, 15) is 18.4 Å². The minimum atomic E-state index is -2.72. The zero-order valence-electron chi connectivity index (χ0n) is 15.3. The second kappa shape index (κ2) is 9.24. The normalized spacial score (nSPS) is 32.6. The van der Waals surface area contributed by atoms with E-state index in [2.05, 4.69) is 5.32 Å². The maximum absolute atomic E-state index is 13.8. The van der Waals surface area contributed by atoms with Gasteiger partial charge in [0.25, 0.3) is 0 Å². The molecular weight excluding hydrogens is 342 g/mol. The van der Waals surface area contributed by atoms with Gasteiger partial charge in [0.1, 0.15) is 12.3 Å². The van der Waals surface area contributed by atoms with Gasteiger partial charge in [0.05, 0.1) is 0 Å². The van der Waals surface area contributed by atoms with E-state index in [1.807, 2.05) is 6.08 Å². The monoisotopic (exact) mass is 370 g/mol. The summed E-state index contributed by atoms with van der Waals surface area (Å²) in [6.07, 6.45) is 7.00. The Morgan fingerprint density at radius 3 is 2.73 bits per heavy atom. The van der Waals surface area contributed by atoms with Crippen LogP contribution < -0.4 is 5.32 Å². The first-order chi connectivity index (χ1) is 12.4. The highest BCUT2D eigenvalue weighted by Gasteiger charge is 2.40. The summed E-state index contributed by atoms with van der Waals surface area (Å²) < 4.78 is 27.6. The van der Waals surface area contributed by atoms with Crippen molar-refractivity contribution < 1.29 is 23.2 Å². The summed E-state index contributed by atoms with van der Waals surface area (Å²) in [5.74, 6) is -2.72. The van der Waals surface area contributed by atoms with Gasteiger partial charge in [-0.2, -0.15) is 0 Å². The molecular formula is C19H28F2N2O3. The summed E-state index contributed by atoms with van der Waals surface area (Å²) in [5.41, 5.74) is 0. The molecule has 2 unspecified atom stereocenters. The molecule has 0 bridgehead atoms. The van der Waals surface area contributed by atoms with Crippen LogP contribution in [0.4, 0.5) is 8.78 Å². The van der Waals surface area contributed by atoms with Gasteiger partial charge in [-0.1, -0.05) is 12.2 Å². The maximum Gasteiger partial charge on any atom is 0.248 e. The van der Waals surface area contributed by atoms with Crippen LogP contribution in [-0.2, 0) is 14.4 Å². The fraction of sp³-hybridized carbons (Fsp3) is 0.737. The number of hydrogen-bond donors (Lipinski definition) is 1. The second-order valence-electron chi connectivity index (χ2n) is 7.17. The molecule has 2 aliphatic heterocycles. The Labute approximate surface area is 153 Å².